The van der Waals surface area contributed by atoms with Crippen LogP contribution in [0.2, 0.25) is 0 Å². The van der Waals surface area contributed by atoms with E-state index in [1.165, 1.54) is 0 Å². The maximum absolute atomic E-state index is 13.6. The summed E-state index contributed by atoms with van der Waals surface area (Å²) in [5.41, 5.74) is -1.50. The van der Waals surface area contributed by atoms with Crippen LogP contribution in [-0.4, -0.2) is 11.5 Å². The Labute approximate surface area is 101 Å². The summed E-state index contributed by atoms with van der Waals surface area (Å²) in [7, 11) is 0. The number of halogens is 4. The highest BCUT2D eigenvalue weighted by molar-refractivity contribution is 5.34. The topological polar surface area (TPSA) is 29.5 Å². The maximum Gasteiger partial charge on any atom is 0.573 e. The average molecular weight is 264 g/mol. The molecular weight excluding hydrogens is 252 g/mol. The Morgan fingerprint density at radius 2 is 1.78 bits per heavy atom. The van der Waals surface area contributed by atoms with Gasteiger partial charge in [0, 0.05) is 5.56 Å². The maximum atomic E-state index is 13.6. The predicted octanol–water partition coefficient (Wildman–Crippen LogP) is 3.49. The van der Waals surface area contributed by atoms with E-state index in [1.54, 1.807) is 0 Å². The fourth-order valence-corrected chi connectivity index (χ4v) is 2.29. The van der Waals surface area contributed by atoms with Gasteiger partial charge in [0.15, 0.2) is 0 Å². The number of alkyl halides is 3. The monoisotopic (exact) mass is 264 g/mol. The summed E-state index contributed by atoms with van der Waals surface area (Å²) in [6, 6.07) is 2.70. The fourth-order valence-electron chi connectivity index (χ4n) is 2.29. The lowest BCUT2D eigenvalue weighted by Crippen LogP contribution is -2.23. The summed E-state index contributed by atoms with van der Waals surface area (Å²) in [5.74, 6) is -1.23. The van der Waals surface area contributed by atoms with Gasteiger partial charge in [0.05, 0.1) is 5.60 Å². The molecule has 1 aliphatic rings. The van der Waals surface area contributed by atoms with Gasteiger partial charge in [-0.3, -0.25) is 0 Å². The van der Waals surface area contributed by atoms with E-state index < -0.39 is 23.5 Å². The van der Waals surface area contributed by atoms with Crippen molar-refractivity contribution in [1.29, 1.82) is 0 Å². The smallest absolute Gasteiger partial charge is 0.406 e. The van der Waals surface area contributed by atoms with Gasteiger partial charge < -0.3 is 9.84 Å². The standard InChI is InChI=1S/C12H12F4O2/c13-10-4-3-8(18-12(14,15)16)7-9(10)11(17)5-1-2-6-11/h3-4,7,17H,1-2,5-6H2. The van der Waals surface area contributed by atoms with Crippen molar-refractivity contribution in [3.05, 3.63) is 29.6 Å². The minimum absolute atomic E-state index is 0.123. The van der Waals surface area contributed by atoms with E-state index in [4.69, 9.17) is 0 Å². The lowest BCUT2D eigenvalue weighted by molar-refractivity contribution is -0.274. The van der Waals surface area contributed by atoms with E-state index in [0.29, 0.717) is 12.8 Å². The lowest BCUT2D eigenvalue weighted by atomic mass is 9.91. The van der Waals surface area contributed by atoms with Crippen molar-refractivity contribution >= 4 is 0 Å². The second kappa shape index (κ2) is 4.42. The zero-order valence-electron chi connectivity index (χ0n) is 9.43. The van der Waals surface area contributed by atoms with Crippen LogP contribution in [0.1, 0.15) is 31.2 Å². The van der Waals surface area contributed by atoms with E-state index in [9.17, 15) is 22.7 Å². The van der Waals surface area contributed by atoms with Crippen LogP contribution in [0.3, 0.4) is 0 Å². The summed E-state index contributed by atoms with van der Waals surface area (Å²) >= 11 is 0. The molecule has 0 unspecified atom stereocenters. The Bertz CT molecular complexity index is 436. The zero-order valence-corrected chi connectivity index (χ0v) is 9.43. The third-order valence-corrected chi connectivity index (χ3v) is 3.10. The molecule has 2 rings (SSSR count). The molecule has 0 bridgehead atoms. The van der Waals surface area contributed by atoms with Crippen LogP contribution in [0.15, 0.2) is 18.2 Å². The first kappa shape index (κ1) is 13.1. The van der Waals surface area contributed by atoms with Gasteiger partial charge in [-0.2, -0.15) is 0 Å². The van der Waals surface area contributed by atoms with Gasteiger partial charge in [-0.15, -0.1) is 13.2 Å². The quantitative estimate of drug-likeness (QED) is 0.828. The molecule has 0 radical (unpaired) electrons. The SMILES string of the molecule is OC1(c2cc(OC(F)(F)F)ccc2F)CCCC1. The van der Waals surface area contributed by atoms with Gasteiger partial charge >= 0.3 is 6.36 Å². The van der Waals surface area contributed by atoms with Gasteiger partial charge in [0.2, 0.25) is 0 Å². The van der Waals surface area contributed by atoms with E-state index in [2.05, 4.69) is 4.74 Å². The second-order valence-electron chi connectivity index (χ2n) is 4.43. The van der Waals surface area contributed by atoms with Crippen LogP contribution >= 0.6 is 0 Å². The molecule has 1 fully saturated rings. The van der Waals surface area contributed by atoms with Crippen LogP contribution in [0.5, 0.6) is 5.75 Å². The first-order valence-electron chi connectivity index (χ1n) is 5.58. The van der Waals surface area contributed by atoms with Crippen LogP contribution in [0.25, 0.3) is 0 Å². The molecule has 0 heterocycles. The molecule has 0 amide bonds. The van der Waals surface area contributed by atoms with Crippen molar-refractivity contribution < 1.29 is 27.4 Å². The molecule has 1 saturated carbocycles. The van der Waals surface area contributed by atoms with Crippen LogP contribution in [-0.2, 0) is 5.60 Å². The van der Waals surface area contributed by atoms with Crippen molar-refractivity contribution in [2.45, 2.75) is 37.6 Å². The number of rotatable bonds is 2. The Balaban J connectivity index is 2.32. The zero-order chi connectivity index (χ0) is 13.4. The van der Waals surface area contributed by atoms with E-state index in [-0.39, 0.29) is 5.56 Å². The highest BCUT2D eigenvalue weighted by atomic mass is 19.4. The van der Waals surface area contributed by atoms with E-state index in [0.717, 1.165) is 31.0 Å². The molecule has 6 heteroatoms. The summed E-state index contributed by atoms with van der Waals surface area (Å²) < 4.78 is 53.5. The van der Waals surface area contributed by atoms with Crippen LogP contribution < -0.4 is 4.74 Å². The fraction of sp³-hybridized carbons (Fsp3) is 0.500. The van der Waals surface area contributed by atoms with Gasteiger partial charge in [0.25, 0.3) is 0 Å². The molecule has 100 valence electrons. The molecule has 1 aromatic carbocycles. The molecule has 0 atom stereocenters. The number of benzene rings is 1. The Hall–Kier alpha value is -1.30. The summed E-state index contributed by atoms with van der Waals surface area (Å²) in [4.78, 5) is 0. The number of aliphatic hydroxyl groups is 1. The van der Waals surface area contributed by atoms with Gasteiger partial charge in [-0.1, -0.05) is 12.8 Å². The minimum atomic E-state index is -4.83. The average Bonchev–Trinajstić information content (AvgIpc) is 2.67. The van der Waals surface area contributed by atoms with E-state index in [1.807, 2.05) is 0 Å². The molecule has 0 saturated heterocycles. The summed E-state index contributed by atoms with van der Waals surface area (Å²) in [5, 5.41) is 10.2. The largest absolute Gasteiger partial charge is 0.573 e. The van der Waals surface area contributed by atoms with Crippen molar-refractivity contribution in [3.63, 3.8) is 0 Å². The highest BCUT2D eigenvalue weighted by Crippen LogP contribution is 2.41. The summed E-state index contributed by atoms with van der Waals surface area (Å²) in [6.07, 6.45) is -2.69. The number of ether oxygens (including phenoxy) is 1. The Morgan fingerprint density at radius 3 is 2.33 bits per heavy atom. The minimum Gasteiger partial charge on any atom is -0.406 e. The molecule has 1 aliphatic carbocycles. The first-order valence-corrected chi connectivity index (χ1v) is 5.58. The van der Waals surface area contributed by atoms with Gasteiger partial charge in [-0.05, 0) is 31.0 Å². The molecule has 0 spiro atoms. The number of hydrogen-bond donors (Lipinski definition) is 1. The molecule has 18 heavy (non-hydrogen) atoms. The molecule has 1 N–H and O–H groups in total. The van der Waals surface area contributed by atoms with Crippen molar-refractivity contribution in [2.75, 3.05) is 0 Å². The Kier molecular flexibility index (Phi) is 3.23. The molecule has 1 aromatic rings. The molecular formula is C12H12F4O2. The third kappa shape index (κ3) is 2.75. The van der Waals surface area contributed by atoms with Crippen molar-refractivity contribution in [2.24, 2.45) is 0 Å². The molecule has 0 aliphatic heterocycles. The number of hydrogen-bond acceptors (Lipinski definition) is 2. The highest BCUT2D eigenvalue weighted by Gasteiger charge is 2.37. The normalized spacial score (nSPS) is 18.9. The van der Waals surface area contributed by atoms with Crippen LogP contribution in [0.4, 0.5) is 17.6 Å². The third-order valence-electron chi connectivity index (χ3n) is 3.10. The predicted molar refractivity (Wildman–Crippen MR) is 55.4 cm³/mol. The molecule has 0 aromatic heterocycles. The van der Waals surface area contributed by atoms with Crippen LogP contribution in [0, 0.1) is 5.82 Å². The lowest BCUT2D eigenvalue weighted by Gasteiger charge is -2.24. The van der Waals surface area contributed by atoms with E-state index >= 15 is 0 Å². The van der Waals surface area contributed by atoms with Gasteiger partial charge in [-0.25, -0.2) is 4.39 Å². The van der Waals surface area contributed by atoms with Crippen molar-refractivity contribution in [3.8, 4) is 5.75 Å². The van der Waals surface area contributed by atoms with Crippen molar-refractivity contribution in [1.82, 2.24) is 0 Å². The second-order valence-corrected chi connectivity index (χ2v) is 4.43. The summed E-state index contributed by atoms with van der Waals surface area (Å²) in [6.45, 7) is 0. The Morgan fingerprint density at radius 1 is 1.17 bits per heavy atom. The molecule has 2 nitrogen and oxygen atoms in total. The van der Waals surface area contributed by atoms with Gasteiger partial charge in [0.1, 0.15) is 11.6 Å². The first-order chi connectivity index (χ1) is 8.30.